The van der Waals surface area contributed by atoms with E-state index in [0.29, 0.717) is 79.3 Å². The Labute approximate surface area is 485 Å². The highest BCUT2D eigenvalue weighted by molar-refractivity contribution is 7.92. The van der Waals surface area contributed by atoms with E-state index in [9.17, 15) is 27.6 Å². The predicted molar refractivity (Wildman–Crippen MR) is 315 cm³/mol. The monoisotopic (exact) mass is 1160 g/mol. The molecule has 2 aliphatic carbocycles. The number of nitrogens with one attached hydrogen (secondary N) is 4. The van der Waals surface area contributed by atoms with E-state index in [0.717, 1.165) is 54.5 Å². The minimum Gasteiger partial charge on any atom is -0.492 e. The lowest BCUT2D eigenvalue weighted by molar-refractivity contribution is -0.142. The average Bonchev–Trinajstić information content (AvgIpc) is 3.53. The second-order valence-electron chi connectivity index (χ2n) is 24.6. The van der Waals surface area contributed by atoms with Gasteiger partial charge in [-0.05, 0) is 143 Å². The molecule has 2 aromatic carbocycles. The van der Waals surface area contributed by atoms with Crippen LogP contribution in [0.4, 0.5) is 22.2 Å². The zero-order valence-electron chi connectivity index (χ0n) is 49.4. The van der Waals surface area contributed by atoms with Crippen LogP contribution in [-0.2, 0) is 35.4 Å². The molecule has 5 aromatic rings. The zero-order valence-corrected chi connectivity index (χ0v) is 50.2. The molecule has 5 amide bonds. The molecular formula is C60H79N13O9S. The first-order valence-corrected chi connectivity index (χ1v) is 30.4. The van der Waals surface area contributed by atoms with E-state index in [1.807, 2.05) is 38.1 Å². The molecular weight excluding hydrogens is 1080 g/mol. The van der Waals surface area contributed by atoms with E-state index >= 15 is 4.79 Å². The third kappa shape index (κ3) is 13.6. The highest BCUT2D eigenvalue weighted by atomic mass is 32.2. The summed E-state index contributed by atoms with van der Waals surface area (Å²) in [5.74, 6) is -0.384. The van der Waals surface area contributed by atoms with E-state index in [1.54, 1.807) is 66.8 Å². The molecule has 0 unspecified atom stereocenters. The summed E-state index contributed by atoms with van der Waals surface area (Å²) in [5, 5.41) is 17.1. The molecule has 5 heterocycles. The number of rotatable bonds is 15. The molecule has 1 saturated carbocycles. The topological polar surface area (TPSA) is 276 Å². The number of likely N-dealkylation sites (N-methyl/N-ethyl adjacent to an activating group) is 1. The zero-order chi connectivity index (χ0) is 59.5. The van der Waals surface area contributed by atoms with Gasteiger partial charge in [-0.15, -0.1) is 0 Å². The Morgan fingerprint density at radius 3 is 2.30 bits per heavy atom. The second kappa shape index (κ2) is 24.7. The molecule has 4 atom stereocenters. The smallest absolute Gasteiger partial charge is 0.410 e. The van der Waals surface area contributed by atoms with Crippen LogP contribution in [-0.4, -0.2) is 152 Å². The Morgan fingerprint density at radius 2 is 1.63 bits per heavy atom. The van der Waals surface area contributed by atoms with Crippen molar-refractivity contribution in [2.45, 2.75) is 172 Å². The lowest BCUT2D eigenvalue weighted by Gasteiger charge is -2.35. The Morgan fingerprint density at radius 1 is 0.892 bits per heavy atom. The number of nitrogens with zero attached hydrogens (tertiary/aromatic N) is 9. The molecule has 22 nitrogen and oxygen atoms in total. The number of hydrogen-bond acceptors (Lipinski definition) is 16. The molecule has 2 saturated heterocycles. The fraction of sp³-hybridized carbons (Fsp3) is 0.550. The van der Waals surface area contributed by atoms with Crippen molar-refractivity contribution in [3.63, 3.8) is 0 Å². The number of ether oxygens (including phenoxy) is 2. The van der Waals surface area contributed by atoms with Gasteiger partial charge in [0.25, 0.3) is 11.8 Å². The Bertz CT molecular complexity index is 3380. The molecule has 0 radical (unpaired) electrons. The first-order valence-electron chi connectivity index (χ1n) is 29.0. The van der Waals surface area contributed by atoms with Crippen molar-refractivity contribution in [1.82, 2.24) is 50.6 Å². The number of aromatic nitrogens is 6. The Kier molecular flexibility index (Phi) is 17.9. The number of anilines is 3. The summed E-state index contributed by atoms with van der Waals surface area (Å²) in [7, 11) is -2.42. The van der Waals surface area contributed by atoms with Gasteiger partial charge >= 0.3 is 6.09 Å². The first kappa shape index (κ1) is 60.0. The van der Waals surface area contributed by atoms with Gasteiger partial charge in [0.2, 0.25) is 11.8 Å². The van der Waals surface area contributed by atoms with Crippen LogP contribution in [0, 0.1) is 25.7 Å². The van der Waals surface area contributed by atoms with Crippen molar-refractivity contribution in [2.24, 2.45) is 16.8 Å². The number of piperidine rings is 1. The highest BCUT2D eigenvalue weighted by Crippen LogP contribution is 2.38. The van der Waals surface area contributed by atoms with Crippen molar-refractivity contribution < 1.29 is 41.9 Å². The molecule has 4 N–H and O–H groups in total. The number of aliphatic imine (C=N–C) groups is 1. The van der Waals surface area contributed by atoms with Crippen LogP contribution in [0.5, 0.6) is 5.75 Å². The molecule has 0 bridgehead atoms. The van der Waals surface area contributed by atoms with Gasteiger partial charge in [0.15, 0.2) is 15.7 Å². The number of benzene rings is 2. The number of aromatic amines is 1. The third-order valence-electron chi connectivity index (χ3n) is 16.5. The predicted octanol–water partition coefficient (Wildman–Crippen LogP) is 7.74. The molecule has 444 valence electrons. The molecule has 83 heavy (non-hydrogen) atoms. The van der Waals surface area contributed by atoms with Gasteiger partial charge in [0.1, 0.15) is 58.0 Å². The number of hydrogen-bond donors (Lipinski definition) is 4. The van der Waals surface area contributed by atoms with Crippen LogP contribution in [0.15, 0.2) is 65.0 Å². The summed E-state index contributed by atoms with van der Waals surface area (Å²) in [4.78, 5) is 98.3. The van der Waals surface area contributed by atoms with Crippen molar-refractivity contribution in [2.75, 3.05) is 43.5 Å². The van der Waals surface area contributed by atoms with Crippen LogP contribution in [0.3, 0.4) is 0 Å². The van der Waals surface area contributed by atoms with Crippen LogP contribution >= 0.6 is 0 Å². The van der Waals surface area contributed by atoms with Gasteiger partial charge in [-0.25, -0.2) is 38.1 Å². The number of aryl methyl sites for hydroxylation is 2. The summed E-state index contributed by atoms with van der Waals surface area (Å²) in [6.07, 6.45) is 11.6. The number of H-pyrrole nitrogens is 1. The molecule has 23 heteroatoms. The fourth-order valence-corrected chi connectivity index (χ4v) is 12.6. The van der Waals surface area contributed by atoms with Gasteiger partial charge in [-0.3, -0.25) is 29.2 Å². The van der Waals surface area contributed by atoms with E-state index in [1.165, 1.54) is 29.4 Å². The van der Waals surface area contributed by atoms with Crippen LogP contribution < -0.4 is 25.6 Å². The van der Waals surface area contributed by atoms with Crippen LogP contribution in [0.25, 0.3) is 10.9 Å². The highest BCUT2D eigenvalue weighted by Gasteiger charge is 2.46. The lowest BCUT2D eigenvalue weighted by atomic mass is 9.83. The lowest BCUT2D eigenvalue weighted by Crippen LogP contribution is -2.58. The van der Waals surface area contributed by atoms with Crippen molar-refractivity contribution in [3.05, 3.63) is 83.2 Å². The maximum atomic E-state index is 15.1. The molecule has 9 rings (SSSR count). The number of sulfone groups is 1. The van der Waals surface area contributed by atoms with Gasteiger partial charge < -0.3 is 35.2 Å². The van der Waals surface area contributed by atoms with E-state index in [-0.39, 0.29) is 47.7 Å². The molecule has 0 spiro atoms. The summed E-state index contributed by atoms with van der Waals surface area (Å²) in [5.41, 5.74) is 4.22. The largest absolute Gasteiger partial charge is 0.492 e. The van der Waals surface area contributed by atoms with Crippen LogP contribution in [0.1, 0.15) is 146 Å². The van der Waals surface area contributed by atoms with Gasteiger partial charge in [0, 0.05) is 55.4 Å². The van der Waals surface area contributed by atoms with Crippen molar-refractivity contribution in [3.8, 4) is 5.75 Å². The normalized spacial score (nSPS) is 19.4. The van der Waals surface area contributed by atoms with E-state index < -0.39 is 74.1 Å². The minimum absolute atomic E-state index is 0.0213. The molecule has 3 fully saturated rings. The number of amides is 5. The number of likely N-dealkylation sites (tertiary alicyclic amines) is 1. The first-order chi connectivity index (χ1) is 39.4. The summed E-state index contributed by atoms with van der Waals surface area (Å²) in [6.45, 7) is 17.0. The molecule has 2 aliphatic heterocycles. The summed E-state index contributed by atoms with van der Waals surface area (Å²) in [6, 6.07) is 7.40. The van der Waals surface area contributed by atoms with Crippen LogP contribution in [0.2, 0.25) is 0 Å². The van der Waals surface area contributed by atoms with Crippen molar-refractivity contribution >= 4 is 73.6 Å². The fourth-order valence-electron chi connectivity index (χ4n) is 11.2. The standard InChI is InChI=1S/C60H79N13O9S/c1-35-36(2)69-70-52(35)68-53-43-28-49(83(79,80)60(7,8)9)48(29-45(43)63-34-64-53)81-33-38-23-25-72(26-24-38)50-31-61-46(30-62-50)55(75)65-41-27-47(56(76)66-44-22-16-20-39-17-14-15-21-42(39)44)73(32-41)57(77)51(40-18-12-11-13-19-40)67-54(74)37(3)71(10)58(78)82-59(4,5)6/h14-15,17,21,28-31,34,37-38,40-41,47,51H,11-13,16,18-20,22-27,32-33H2,1-10H3,(H,65,75)(H,67,74)(H2,63,64,68,69,70)/t37-,41-,47-,51-/m0/s1. The minimum atomic E-state index is -3.89. The van der Waals surface area contributed by atoms with Gasteiger partial charge in [0.05, 0.1) is 35.0 Å². The summed E-state index contributed by atoms with van der Waals surface area (Å²) >= 11 is 0. The van der Waals surface area contributed by atoms with E-state index in [2.05, 4.69) is 56.0 Å². The van der Waals surface area contributed by atoms with Gasteiger partial charge in [-0.1, -0.05) is 43.5 Å². The Balaban J connectivity index is 0.870. The average molecular weight is 1160 g/mol. The number of fused-ring (bicyclic) bond motifs is 2. The van der Waals surface area contributed by atoms with Crippen molar-refractivity contribution in [1.29, 1.82) is 0 Å². The number of carbonyl (C=O) groups excluding carboxylic acids is 5. The van der Waals surface area contributed by atoms with E-state index in [4.69, 9.17) is 9.47 Å². The quantitative estimate of drug-likeness (QED) is 0.0780. The Hall–Kier alpha value is -7.56. The molecule has 4 aliphatic rings. The second-order valence-corrected chi connectivity index (χ2v) is 27.2. The molecule has 3 aromatic heterocycles. The maximum Gasteiger partial charge on any atom is 0.410 e. The summed E-state index contributed by atoms with van der Waals surface area (Å²) < 4.78 is 39.1. The number of carbonyl (C=O) groups is 5. The third-order valence-corrected chi connectivity index (χ3v) is 19.0. The van der Waals surface area contributed by atoms with Gasteiger partial charge in [-0.2, -0.15) is 5.10 Å². The SMILES string of the molecule is Cc1[nH]nc(Nc2ncnc3cc(OCC4CCN(c5cnc(C(=O)N[C@H]6C[C@@H](C(=O)N=C7CCCc8ccccc87)N(C(=O)[C@@H](NC(=O)[C@H](C)N(C)C(=O)OC(C)(C)C)C7CCCCC7)C6)cn5)CC4)c(S(=O)(=O)C(C)(C)C)cc23)c1C. The maximum absolute atomic E-state index is 15.1.